The van der Waals surface area contributed by atoms with E-state index >= 15 is 0 Å². The van der Waals surface area contributed by atoms with Crippen molar-refractivity contribution >= 4 is 0 Å². The zero-order valence-corrected chi connectivity index (χ0v) is 12.9. The second-order valence-corrected chi connectivity index (χ2v) is 6.07. The van der Waals surface area contributed by atoms with Crippen molar-refractivity contribution < 1.29 is 9.84 Å². The summed E-state index contributed by atoms with van der Waals surface area (Å²) in [5.41, 5.74) is 2.12. The van der Waals surface area contributed by atoms with Gasteiger partial charge in [-0.15, -0.1) is 0 Å². The monoisotopic (exact) mass is 277 g/mol. The van der Waals surface area contributed by atoms with Crippen LogP contribution in [0.5, 0.6) is 5.75 Å². The number of methoxy groups -OCH3 is 1. The molecule has 112 valence electrons. The van der Waals surface area contributed by atoms with Gasteiger partial charge in [0.15, 0.2) is 0 Å². The Kier molecular flexibility index (Phi) is 5.44. The first kappa shape index (κ1) is 15.3. The molecule has 0 amide bonds. The summed E-state index contributed by atoms with van der Waals surface area (Å²) in [4.78, 5) is 2.48. The predicted molar refractivity (Wildman–Crippen MR) is 82.1 cm³/mol. The van der Waals surface area contributed by atoms with Crippen molar-refractivity contribution in [1.82, 2.24) is 4.90 Å². The minimum Gasteiger partial charge on any atom is -0.497 e. The number of rotatable bonds is 5. The molecule has 0 aliphatic carbocycles. The highest BCUT2D eigenvalue weighted by Crippen LogP contribution is 2.25. The lowest BCUT2D eigenvalue weighted by Gasteiger charge is -2.31. The number of aryl methyl sites for hydroxylation is 1. The summed E-state index contributed by atoms with van der Waals surface area (Å²) in [7, 11) is 1.67. The van der Waals surface area contributed by atoms with Gasteiger partial charge in [-0.2, -0.15) is 0 Å². The van der Waals surface area contributed by atoms with E-state index in [-0.39, 0.29) is 6.10 Å². The van der Waals surface area contributed by atoms with Gasteiger partial charge in [0.1, 0.15) is 5.75 Å². The summed E-state index contributed by atoms with van der Waals surface area (Å²) in [6, 6.07) is 5.90. The normalized spacial score (nSPS) is 21.7. The molecule has 0 bridgehead atoms. The maximum Gasteiger partial charge on any atom is 0.119 e. The van der Waals surface area contributed by atoms with E-state index < -0.39 is 0 Å². The second-order valence-electron chi connectivity index (χ2n) is 6.07. The van der Waals surface area contributed by atoms with Gasteiger partial charge in [-0.1, -0.05) is 13.0 Å². The highest BCUT2D eigenvalue weighted by Gasteiger charge is 2.18. The number of piperidine rings is 1. The van der Waals surface area contributed by atoms with Crippen LogP contribution in [0.2, 0.25) is 0 Å². The van der Waals surface area contributed by atoms with Gasteiger partial charge >= 0.3 is 0 Å². The summed E-state index contributed by atoms with van der Waals surface area (Å²) in [6.45, 7) is 7.68. The van der Waals surface area contributed by atoms with Crippen molar-refractivity contribution in [3.63, 3.8) is 0 Å². The fourth-order valence-electron chi connectivity index (χ4n) is 3.10. The van der Waals surface area contributed by atoms with Crippen LogP contribution >= 0.6 is 0 Å². The van der Waals surface area contributed by atoms with Gasteiger partial charge in [0, 0.05) is 13.1 Å². The van der Waals surface area contributed by atoms with Crippen LogP contribution in [0.3, 0.4) is 0 Å². The summed E-state index contributed by atoms with van der Waals surface area (Å²) in [5.74, 6) is 1.65. The average molecular weight is 277 g/mol. The molecule has 1 saturated heterocycles. The van der Waals surface area contributed by atoms with Gasteiger partial charge in [0.25, 0.3) is 0 Å². The van der Waals surface area contributed by atoms with E-state index in [1.165, 1.54) is 25.9 Å². The molecule has 1 fully saturated rings. The lowest BCUT2D eigenvalue weighted by atomic mass is 9.98. The number of hydrogen-bond donors (Lipinski definition) is 1. The molecule has 1 heterocycles. The van der Waals surface area contributed by atoms with Crippen molar-refractivity contribution in [3.8, 4) is 5.75 Å². The lowest BCUT2D eigenvalue weighted by molar-refractivity contribution is 0.121. The third kappa shape index (κ3) is 3.97. The van der Waals surface area contributed by atoms with Gasteiger partial charge in [0.05, 0.1) is 13.2 Å². The zero-order valence-electron chi connectivity index (χ0n) is 12.9. The first-order valence-corrected chi connectivity index (χ1v) is 7.65. The SMILES string of the molecule is COc1ccc(C(O)CCN2CCCC(C)C2)c(C)c1. The number of aliphatic hydroxyl groups is 1. The summed E-state index contributed by atoms with van der Waals surface area (Å²) < 4.78 is 5.21. The van der Waals surface area contributed by atoms with Crippen molar-refractivity contribution in [2.24, 2.45) is 5.92 Å². The topological polar surface area (TPSA) is 32.7 Å². The molecule has 1 aromatic carbocycles. The van der Waals surface area contributed by atoms with Gasteiger partial charge < -0.3 is 14.7 Å². The number of nitrogens with zero attached hydrogens (tertiary/aromatic N) is 1. The van der Waals surface area contributed by atoms with E-state index in [9.17, 15) is 5.11 Å². The molecule has 1 N–H and O–H groups in total. The van der Waals surface area contributed by atoms with Gasteiger partial charge in [-0.05, 0) is 61.9 Å². The first-order valence-electron chi connectivity index (χ1n) is 7.65. The second kappa shape index (κ2) is 7.09. The Balaban J connectivity index is 1.89. The highest BCUT2D eigenvalue weighted by molar-refractivity contribution is 5.36. The molecule has 2 atom stereocenters. The summed E-state index contributed by atoms with van der Waals surface area (Å²) in [5, 5.41) is 10.4. The average Bonchev–Trinajstić information content (AvgIpc) is 2.44. The Bertz CT molecular complexity index is 433. The molecular weight excluding hydrogens is 250 g/mol. The Morgan fingerprint density at radius 2 is 2.25 bits per heavy atom. The van der Waals surface area contributed by atoms with Gasteiger partial charge in [-0.25, -0.2) is 0 Å². The van der Waals surface area contributed by atoms with Crippen LogP contribution in [0.4, 0.5) is 0 Å². The predicted octanol–water partition coefficient (Wildman–Crippen LogP) is 3.16. The Labute approximate surface area is 122 Å². The number of aliphatic hydroxyl groups excluding tert-OH is 1. The third-order valence-electron chi connectivity index (χ3n) is 4.30. The molecule has 2 unspecified atom stereocenters. The molecule has 0 aromatic heterocycles. The molecule has 20 heavy (non-hydrogen) atoms. The maximum absolute atomic E-state index is 10.4. The van der Waals surface area contributed by atoms with Crippen LogP contribution in [0.1, 0.15) is 43.4 Å². The molecule has 1 aliphatic heterocycles. The molecule has 0 saturated carbocycles. The number of benzene rings is 1. The fraction of sp³-hybridized carbons (Fsp3) is 0.647. The Morgan fingerprint density at radius 3 is 2.90 bits per heavy atom. The van der Waals surface area contributed by atoms with E-state index in [0.717, 1.165) is 35.8 Å². The van der Waals surface area contributed by atoms with Crippen LogP contribution in [-0.2, 0) is 0 Å². The highest BCUT2D eigenvalue weighted by atomic mass is 16.5. The molecule has 3 nitrogen and oxygen atoms in total. The van der Waals surface area contributed by atoms with Crippen LogP contribution in [0.15, 0.2) is 18.2 Å². The standard InChI is InChI=1S/C17H27NO2/c1-13-5-4-9-18(12-13)10-8-17(19)16-7-6-15(20-3)11-14(16)2/h6-7,11,13,17,19H,4-5,8-10,12H2,1-3H3. The Morgan fingerprint density at radius 1 is 1.45 bits per heavy atom. The van der Waals surface area contributed by atoms with Crippen LogP contribution in [0.25, 0.3) is 0 Å². The molecular formula is C17H27NO2. The molecule has 0 spiro atoms. The largest absolute Gasteiger partial charge is 0.497 e. The zero-order chi connectivity index (χ0) is 14.5. The molecule has 3 heteroatoms. The van der Waals surface area contributed by atoms with E-state index in [2.05, 4.69) is 11.8 Å². The number of likely N-dealkylation sites (tertiary alicyclic amines) is 1. The van der Waals surface area contributed by atoms with E-state index in [0.29, 0.717) is 0 Å². The van der Waals surface area contributed by atoms with E-state index in [1.54, 1.807) is 7.11 Å². The minimum absolute atomic E-state index is 0.377. The van der Waals surface area contributed by atoms with Gasteiger partial charge in [0.2, 0.25) is 0 Å². The first-order chi connectivity index (χ1) is 9.60. The van der Waals surface area contributed by atoms with Gasteiger partial charge in [-0.3, -0.25) is 0 Å². The summed E-state index contributed by atoms with van der Waals surface area (Å²) in [6.07, 6.45) is 3.06. The minimum atomic E-state index is -0.377. The van der Waals surface area contributed by atoms with Crippen LogP contribution in [-0.4, -0.2) is 36.8 Å². The lowest BCUT2D eigenvalue weighted by Crippen LogP contribution is -2.35. The molecule has 1 aliphatic rings. The van der Waals surface area contributed by atoms with Crippen molar-refractivity contribution in [2.45, 2.75) is 39.2 Å². The number of hydrogen-bond acceptors (Lipinski definition) is 3. The van der Waals surface area contributed by atoms with Crippen molar-refractivity contribution in [1.29, 1.82) is 0 Å². The fourth-order valence-corrected chi connectivity index (χ4v) is 3.10. The summed E-state index contributed by atoms with van der Waals surface area (Å²) >= 11 is 0. The molecule has 2 rings (SSSR count). The van der Waals surface area contributed by atoms with Crippen LogP contribution < -0.4 is 4.74 Å². The maximum atomic E-state index is 10.4. The molecule has 1 aromatic rings. The van der Waals surface area contributed by atoms with Crippen LogP contribution in [0, 0.1) is 12.8 Å². The number of ether oxygens (including phenoxy) is 1. The van der Waals surface area contributed by atoms with E-state index in [4.69, 9.17) is 4.74 Å². The quantitative estimate of drug-likeness (QED) is 0.897. The third-order valence-corrected chi connectivity index (χ3v) is 4.30. The smallest absolute Gasteiger partial charge is 0.119 e. The molecule has 0 radical (unpaired) electrons. The van der Waals surface area contributed by atoms with Crippen molar-refractivity contribution in [3.05, 3.63) is 29.3 Å². The Hall–Kier alpha value is -1.06. The van der Waals surface area contributed by atoms with Crippen molar-refractivity contribution in [2.75, 3.05) is 26.7 Å². The van der Waals surface area contributed by atoms with E-state index in [1.807, 2.05) is 25.1 Å².